The summed E-state index contributed by atoms with van der Waals surface area (Å²) in [5, 5.41) is 2.87. The van der Waals surface area contributed by atoms with E-state index in [1.807, 2.05) is 6.92 Å². The summed E-state index contributed by atoms with van der Waals surface area (Å²) >= 11 is 1.74. The van der Waals surface area contributed by atoms with Crippen LogP contribution in [0.1, 0.15) is 27.0 Å². The zero-order valence-corrected chi connectivity index (χ0v) is 19.2. The number of sulfonamides is 1. The Morgan fingerprint density at radius 3 is 2.16 bits per heavy atom. The van der Waals surface area contributed by atoms with Gasteiger partial charge in [-0.3, -0.25) is 9.52 Å². The SMILES string of the molecule is Cc1ccc(CSCCNC(=O)c2ccccc2NS(=O)(=O)c2ccc(C)cc2)cc1. The largest absolute Gasteiger partial charge is 0.351 e. The van der Waals surface area contributed by atoms with Crippen LogP contribution in [0.25, 0.3) is 0 Å². The van der Waals surface area contributed by atoms with E-state index < -0.39 is 10.0 Å². The molecule has 3 rings (SSSR count). The first kappa shape index (κ1) is 22.9. The lowest BCUT2D eigenvalue weighted by atomic mass is 10.2. The molecular formula is C24H26N2O3S2. The van der Waals surface area contributed by atoms with Crippen molar-refractivity contribution in [3.63, 3.8) is 0 Å². The molecule has 31 heavy (non-hydrogen) atoms. The van der Waals surface area contributed by atoms with Gasteiger partial charge < -0.3 is 5.32 Å². The van der Waals surface area contributed by atoms with Crippen molar-refractivity contribution >= 4 is 33.4 Å². The summed E-state index contributed by atoms with van der Waals surface area (Å²) in [6.45, 7) is 4.45. The van der Waals surface area contributed by atoms with E-state index in [-0.39, 0.29) is 16.5 Å². The molecule has 162 valence electrons. The Balaban J connectivity index is 1.57. The Morgan fingerprint density at radius 1 is 0.871 bits per heavy atom. The van der Waals surface area contributed by atoms with Crippen molar-refractivity contribution in [2.45, 2.75) is 24.5 Å². The standard InChI is InChI=1S/C24H26N2O3S2/c1-18-7-11-20(12-8-18)17-30-16-15-25-24(27)22-5-3-4-6-23(22)26-31(28,29)21-13-9-19(2)10-14-21/h3-14,26H,15-17H2,1-2H3,(H,25,27). The molecule has 3 aromatic rings. The lowest BCUT2D eigenvalue weighted by Gasteiger charge is -2.13. The quantitative estimate of drug-likeness (QED) is 0.457. The first-order chi connectivity index (χ1) is 14.8. The van der Waals surface area contributed by atoms with Crippen molar-refractivity contribution in [1.82, 2.24) is 5.32 Å². The first-order valence-electron chi connectivity index (χ1n) is 9.95. The second-order valence-electron chi connectivity index (χ2n) is 7.26. The van der Waals surface area contributed by atoms with Crippen molar-refractivity contribution in [3.8, 4) is 0 Å². The summed E-state index contributed by atoms with van der Waals surface area (Å²) < 4.78 is 27.9. The molecule has 0 aliphatic carbocycles. The summed E-state index contributed by atoms with van der Waals surface area (Å²) in [6, 6.07) is 21.6. The lowest BCUT2D eigenvalue weighted by molar-refractivity contribution is 0.0957. The molecule has 0 heterocycles. The smallest absolute Gasteiger partial charge is 0.261 e. The van der Waals surface area contributed by atoms with Crippen molar-refractivity contribution in [3.05, 3.63) is 95.1 Å². The second-order valence-corrected chi connectivity index (χ2v) is 10.0. The predicted octanol–water partition coefficient (Wildman–Crippen LogP) is 4.77. The summed E-state index contributed by atoms with van der Waals surface area (Å²) in [5.74, 6) is 1.33. The monoisotopic (exact) mass is 454 g/mol. The van der Waals surface area contributed by atoms with Gasteiger partial charge in [0, 0.05) is 18.1 Å². The Hall–Kier alpha value is -2.77. The van der Waals surface area contributed by atoms with Gasteiger partial charge in [-0.1, -0.05) is 59.7 Å². The maximum atomic E-state index is 12.7. The van der Waals surface area contributed by atoms with Crippen LogP contribution in [-0.4, -0.2) is 26.6 Å². The molecule has 0 aliphatic rings. The number of amides is 1. The Bertz CT molecular complexity index is 1130. The van der Waals surface area contributed by atoms with Crippen LogP contribution < -0.4 is 10.0 Å². The third-order valence-electron chi connectivity index (χ3n) is 4.67. The van der Waals surface area contributed by atoms with Crippen LogP contribution in [0.2, 0.25) is 0 Å². The minimum atomic E-state index is -3.78. The van der Waals surface area contributed by atoms with Gasteiger partial charge in [-0.15, -0.1) is 0 Å². The van der Waals surface area contributed by atoms with E-state index in [0.29, 0.717) is 12.1 Å². The van der Waals surface area contributed by atoms with Crippen LogP contribution in [-0.2, 0) is 15.8 Å². The average Bonchev–Trinajstić information content (AvgIpc) is 2.75. The molecule has 0 atom stereocenters. The molecule has 0 fully saturated rings. The fourth-order valence-electron chi connectivity index (χ4n) is 2.90. The maximum absolute atomic E-state index is 12.7. The van der Waals surface area contributed by atoms with Crippen molar-refractivity contribution in [2.75, 3.05) is 17.0 Å². The van der Waals surface area contributed by atoms with E-state index in [2.05, 4.69) is 41.2 Å². The molecule has 0 aromatic heterocycles. The van der Waals surface area contributed by atoms with Crippen molar-refractivity contribution in [2.24, 2.45) is 0 Å². The Labute approximate surface area is 188 Å². The number of para-hydroxylation sites is 1. The number of aryl methyl sites for hydroxylation is 2. The third kappa shape index (κ3) is 6.60. The van der Waals surface area contributed by atoms with Crippen LogP contribution in [0, 0.1) is 13.8 Å². The molecule has 7 heteroatoms. The van der Waals surface area contributed by atoms with E-state index >= 15 is 0 Å². The fourth-order valence-corrected chi connectivity index (χ4v) is 4.80. The minimum absolute atomic E-state index is 0.154. The van der Waals surface area contributed by atoms with Gasteiger partial charge in [0.1, 0.15) is 0 Å². The van der Waals surface area contributed by atoms with Crippen LogP contribution in [0.4, 0.5) is 5.69 Å². The Morgan fingerprint density at radius 2 is 1.48 bits per heavy atom. The molecule has 3 aromatic carbocycles. The molecule has 5 nitrogen and oxygen atoms in total. The highest BCUT2D eigenvalue weighted by atomic mass is 32.2. The van der Waals surface area contributed by atoms with Gasteiger partial charge in [0.05, 0.1) is 16.1 Å². The highest BCUT2D eigenvalue weighted by Gasteiger charge is 2.18. The first-order valence-corrected chi connectivity index (χ1v) is 12.6. The van der Waals surface area contributed by atoms with Crippen LogP contribution >= 0.6 is 11.8 Å². The van der Waals surface area contributed by atoms with Gasteiger partial charge in [0.25, 0.3) is 15.9 Å². The van der Waals surface area contributed by atoms with Crippen LogP contribution in [0.15, 0.2) is 77.7 Å². The third-order valence-corrected chi connectivity index (χ3v) is 7.08. The van der Waals surface area contributed by atoms with Gasteiger partial charge in [-0.05, 0) is 43.7 Å². The molecule has 0 spiro atoms. The van der Waals surface area contributed by atoms with Gasteiger partial charge in [0.2, 0.25) is 0 Å². The molecule has 1 amide bonds. The minimum Gasteiger partial charge on any atom is -0.351 e. The van der Waals surface area contributed by atoms with Gasteiger partial charge >= 0.3 is 0 Å². The fraction of sp³-hybridized carbons (Fsp3) is 0.208. The van der Waals surface area contributed by atoms with E-state index in [0.717, 1.165) is 17.1 Å². The number of nitrogens with one attached hydrogen (secondary N) is 2. The van der Waals surface area contributed by atoms with Crippen molar-refractivity contribution < 1.29 is 13.2 Å². The highest BCUT2D eigenvalue weighted by Crippen LogP contribution is 2.20. The summed E-state index contributed by atoms with van der Waals surface area (Å²) in [5.41, 5.74) is 4.00. The van der Waals surface area contributed by atoms with Gasteiger partial charge in [-0.2, -0.15) is 11.8 Å². The molecule has 0 aliphatic heterocycles. The Kier molecular flexibility index (Phi) is 7.76. The molecule has 0 bridgehead atoms. The predicted molar refractivity (Wildman–Crippen MR) is 128 cm³/mol. The number of rotatable bonds is 9. The molecule has 0 radical (unpaired) electrons. The number of carbonyl (C=O) groups is 1. The van der Waals surface area contributed by atoms with Crippen LogP contribution in [0.3, 0.4) is 0 Å². The van der Waals surface area contributed by atoms with Gasteiger partial charge in [-0.25, -0.2) is 8.42 Å². The van der Waals surface area contributed by atoms with E-state index in [4.69, 9.17) is 0 Å². The molecule has 0 unspecified atom stereocenters. The summed E-state index contributed by atoms with van der Waals surface area (Å²) in [7, 11) is -3.78. The number of benzene rings is 3. The number of anilines is 1. The van der Waals surface area contributed by atoms with E-state index in [9.17, 15) is 13.2 Å². The van der Waals surface area contributed by atoms with E-state index in [1.54, 1.807) is 60.3 Å². The van der Waals surface area contributed by atoms with Gasteiger partial charge in [0.15, 0.2) is 0 Å². The summed E-state index contributed by atoms with van der Waals surface area (Å²) in [6.07, 6.45) is 0. The number of hydrogen-bond donors (Lipinski definition) is 2. The molecule has 0 saturated heterocycles. The number of hydrogen-bond acceptors (Lipinski definition) is 4. The summed E-state index contributed by atoms with van der Waals surface area (Å²) in [4.78, 5) is 12.8. The maximum Gasteiger partial charge on any atom is 0.261 e. The highest BCUT2D eigenvalue weighted by molar-refractivity contribution is 7.98. The topological polar surface area (TPSA) is 75.3 Å². The second kappa shape index (κ2) is 10.5. The van der Waals surface area contributed by atoms with Crippen LogP contribution in [0.5, 0.6) is 0 Å². The number of carbonyl (C=O) groups excluding carboxylic acids is 1. The average molecular weight is 455 g/mol. The molecule has 2 N–H and O–H groups in total. The van der Waals surface area contributed by atoms with Crippen molar-refractivity contribution in [1.29, 1.82) is 0 Å². The molecule has 0 saturated carbocycles. The lowest BCUT2D eigenvalue weighted by Crippen LogP contribution is -2.27. The number of thioether (sulfide) groups is 1. The van der Waals surface area contributed by atoms with E-state index in [1.165, 1.54) is 11.1 Å². The molecular weight excluding hydrogens is 428 g/mol. The zero-order chi connectivity index (χ0) is 22.3. The zero-order valence-electron chi connectivity index (χ0n) is 17.6. The normalized spacial score (nSPS) is 11.2.